The third-order valence-corrected chi connectivity index (χ3v) is 5.66. The van der Waals surface area contributed by atoms with Gasteiger partial charge in [0.1, 0.15) is 0 Å². The zero-order valence-corrected chi connectivity index (χ0v) is 20.3. The van der Waals surface area contributed by atoms with Gasteiger partial charge in [0.2, 0.25) is 5.78 Å². The van der Waals surface area contributed by atoms with Crippen molar-refractivity contribution in [3.05, 3.63) is 29.6 Å². The van der Waals surface area contributed by atoms with E-state index < -0.39 is 48.5 Å². The van der Waals surface area contributed by atoms with Crippen LogP contribution in [0.5, 0.6) is 5.75 Å². The lowest BCUT2D eigenvalue weighted by Crippen LogP contribution is -2.32. The number of imide groups is 1. The van der Waals surface area contributed by atoms with E-state index in [-0.39, 0.29) is 57.4 Å². The summed E-state index contributed by atoms with van der Waals surface area (Å²) in [6.45, 7) is 0.233. The Morgan fingerprint density at radius 2 is 1.74 bits per heavy atom. The number of rotatable bonds is 13. The summed E-state index contributed by atoms with van der Waals surface area (Å²) in [5, 5.41) is 0.403. The van der Waals surface area contributed by atoms with Gasteiger partial charge in [0.05, 0.1) is 25.9 Å². The average molecular weight is 549 g/mol. The Morgan fingerprint density at radius 1 is 1.03 bits per heavy atom. The van der Waals surface area contributed by atoms with Gasteiger partial charge in [-0.05, 0) is 44.2 Å². The lowest BCUT2D eigenvalue weighted by molar-refractivity contribution is -0.177. The van der Waals surface area contributed by atoms with Crippen molar-refractivity contribution in [1.29, 1.82) is 0 Å². The molecular formula is C24H27F4NO9. The standard InChI is InChI=1S/C24H27F4NO9/c25-17-13-15(7-8-18(17)34-11-4-2-6-19(30)24(26,27)28)22-36-14-16(37-22)5-1-3-12-35-23(33)38-29-20(31)9-10-21(29)32/h7-8,13,16,22H,1-6,9-12,14H2. The number of carbonyl (C=O) groups is 4. The molecule has 2 fully saturated rings. The number of Topliss-reactive ketones (excluding diaryl/α,β-unsaturated/α-hetero) is 1. The molecule has 2 unspecified atom stereocenters. The molecule has 10 nitrogen and oxygen atoms in total. The second kappa shape index (κ2) is 13.5. The first-order valence-corrected chi connectivity index (χ1v) is 12.0. The number of hydrogen-bond acceptors (Lipinski definition) is 9. The molecule has 38 heavy (non-hydrogen) atoms. The van der Waals surface area contributed by atoms with Crippen LogP contribution in [0.1, 0.15) is 63.2 Å². The van der Waals surface area contributed by atoms with E-state index in [0.29, 0.717) is 29.9 Å². The largest absolute Gasteiger partial charge is 0.533 e. The third kappa shape index (κ3) is 8.65. The van der Waals surface area contributed by atoms with Crippen LogP contribution in [0.2, 0.25) is 0 Å². The molecule has 210 valence electrons. The molecule has 0 aliphatic carbocycles. The second-order valence-electron chi connectivity index (χ2n) is 8.61. The summed E-state index contributed by atoms with van der Waals surface area (Å²) in [4.78, 5) is 49.8. The minimum absolute atomic E-state index is 0.0113. The predicted molar refractivity (Wildman–Crippen MR) is 118 cm³/mol. The molecule has 2 saturated heterocycles. The first-order valence-electron chi connectivity index (χ1n) is 12.0. The van der Waals surface area contributed by atoms with Gasteiger partial charge < -0.3 is 18.9 Å². The molecule has 2 heterocycles. The van der Waals surface area contributed by atoms with E-state index in [4.69, 9.17) is 18.9 Å². The highest BCUT2D eigenvalue weighted by atomic mass is 19.4. The summed E-state index contributed by atoms with van der Waals surface area (Å²) in [6, 6.07) is 4.10. The maximum atomic E-state index is 14.4. The molecule has 0 aromatic heterocycles. The highest BCUT2D eigenvalue weighted by molar-refractivity contribution is 6.01. The zero-order valence-electron chi connectivity index (χ0n) is 20.3. The fourth-order valence-corrected chi connectivity index (χ4v) is 3.65. The van der Waals surface area contributed by atoms with Crippen molar-refractivity contribution in [3.8, 4) is 5.75 Å². The summed E-state index contributed by atoms with van der Waals surface area (Å²) in [5.74, 6) is -3.77. The second-order valence-corrected chi connectivity index (χ2v) is 8.61. The van der Waals surface area contributed by atoms with Crippen molar-refractivity contribution in [2.75, 3.05) is 19.8 Å². The van der Waals surface area contributed by atoms with E-state index in [0.717, 1.165) is 0 Å². The third-order valence-electron chi connectivity index (χ3n) is 5.66. The maximum absolute atomic E-state index is 14.4. The number of hydrogen-bond donors (Lipinski definition) is 0. The molecule has 2 aliphatic rings. The Bertz CT molecular complexity index is 1000. The van der Waals surface area contributed by atoms with Crippen LogP contribution in [0, 0.1) is 5.82 Å². The molecule has 0 bridgehead atoms. The highest BCUT2D eigenvalue weighted by Gasteiger charge is 2.37. The quantitative estimate of drug-likeness (QED) is 0.154. The molecule has 0 radical (unpaired) electrons. The fourth-order valence-electron chi connectivity index (χ4n) is 3.65. The van der Waals surface area contributed by atoms with Crippen molar-refractivity contribution in [2.24, 2.45) is 0 Å². The summed E-state index contributed by atoms with van der Waals surface area (Å²) in [6.07, 6.45) is -5.96. The molecule has 2 aliphatic heterocycles. The van der Waals surface area contributed by atoms with E-state index in [1.165, 1.54) is 12.1 Å². The Hall–Kier alpha value is -3.26. The first kappa shape index (κ1) is 29.3. The molecule has 0 saturated carbocycles. The number of hydroxylamine groups is 2. The summed E-state index contributed by atoms with van der Waals surface area (Å²) in [7, 11) is 0. The minimum atomic E-state index is -4.85. The van der Waals surface area contributed by atoms with Crippen LogP contribution in [-0.2, 0) is 33.4 Å². The molecule has 3 rings (SSSR count). The van der Waals surface area contributed by atoms with Crippen LogP contribution in [0.25, 0.3) is 0 Å². The van der Waals surface area contributed by atoms with Gasteiger partial charge in [0.25, 0.3) is 11.8 Å². The van der Waals surface area contributed by atoms with Crippen LogP contribution in [-0.4, -0.2) is 60.9 Å². The van der Waals surface area contributed by atoms with Gasteiger partial charge in [0, 0.05) is 24.8 Å². The van der Waals surface area contributed by atoms with Crippen LogP contribution in [0.15, 0.2) is 18.2 Å². The number of ketones is 1. The molecule has 1 aromatic rings. The molecular weight excluding hydrogens is 522 g/mol. The van der Waals surface area contributed by atoms with Crippen LogP contribution in [0.4, 0.5) is 22.4 Å². The topological polar surface area (TPSA) is 118 Å². The lowest BCUT2D eigenvalue weighted by atomic mass is 10.1. The summed E-state index contributed by atoms with van der Waals surface area (Å²) in [5.41, 5.74) is 0.421. The van der Waals surface area contributed by atoms with E-state index in [1.54, 1.807) is 6.07 Å². The molecule has 0 spiro atoms. The highest BCUT2D eigenvalue weighted by Crippen LogP contribution is 2.31. The number of carbonyl (C=O) groups excluding carboxylic acids is 4. The Morgan fingerprint density at radius 3 is 2.42 bits per heavy atom. The summed E-state index contributed by atoms with van der Waals surface area (Å²) < 4.78 is 72.4. The molecule has 1 aromatic carbocycles. The van der Waals surface area contributed by atoms with E-state index in [1.807, 2.05) is 0 Å². The van der Waals surface area contributed by atoms with Gasteiger partial charge in [-0.1, -0.05) is 11.1 Å². The van der Waals surface area contributed by atoms with Crippen molar-refractivity contribution in [3.63, 3.8) is 0 Å². The number of nitrogens with zero attached hydrogens (tertiary/aromatic N) is 1. The van der Waals surface area contributed by atoms with Gasteiger partial charge in [-0.2, -0.15) is 13.2 Å². The molecule has 14 heteroatoms. The number of amides is 2. The Kier molecular flexibility index (Phi) is 10.4. The lowest BCUT2D eigenvalue weighted by Gasteiger charge is -2.14. The van der Waals surface area contributed by atoms with Gasteiger partial charge in [-0.15, -0.1) is 0 Å². The molecule has 2 atom stereocenters. The van der Waals surface area contributed by atoms with Gasteiger partial charge in [-0.25, -0.2) is 9.18 Å². The fraction of sp³-hybridized carbons (Fsp3) is 0.583. The van der Waals surface area contributed by atoms with Crippen molar-refractivity contribution in [2.45, 2.75) is 69.9 Å². The minimum Gasteiger partial charge on any atom is -0.491 e. The van der Waals surface area contributed by atoms with Crippen molar-refractivity contribution < 1.29 is 60.5 Å². The van der Waals surface area contributed by atoms with E-state index >= 15 is 0 Å². The maximum Gasteiger partial charge on any atom is 0.533 e. The van der Waals surface area contributed by atoms with E-state index in [2.05, 4.69) is 4.84 Å². The van der Waals surface area contributed by atoms with Gasteiger partial charge in [-0.3, -0.25) is 19.2 Å². The van der Waals surface area contributed by atoms with E-state index in [9.17, 15) is 36.7 Å². The number of alkyl halides is 3. The van der Waals surface area contributed by atoms with Crippen molar-refractivity contribution >= 4 is 23.8 Å². The van der Waals surface area contributed by atoms with Gasteiger partial charge in [0.15, 0.2) is 17.9 Å². The molecule has 0 N–H and O–H groups in total. The number of halogens is 4. The van der Waals surface area contributed by atoms with Crippen LogP contribution in [0.3, 0.4) is 0 Å². The normalized spacial score (nSPS) is 19.6. The summed E-state index contributed by atoms with van der Waals surface area (Å²) >= 11 is 0. The zero-order chi connectivity index (χ0) is 27.7. The predicted octanol–water partition coefficient (Wildman–Crippen LogP) is 4.31. The monoisotopic (exact) mass is 549 g/mol. The van der Waals surface area contributed by atoms with Gasteiger partial charge >= 0.3 is 12.3 Å². The number of ether oxygens (including phenoxy) is 4. The average Bonchev–Trinajstić information content (AvgIpc) is 3.46. The first-order chi connectivity index (χ1) is 18.0. The number of benzene rings is 1. The van der Waals surface area contributed by atoms with Crippen LogP contribution < -0.4 is 4.74 Å². The van der Waals surface area contributed by atoms with Crippen molar-refractivity contribution in [1.82, 2.24) is 5.06 Å². The number of unbranched alkanes of at least 4 members (excludes halogenated alkanes) is 2. The smallest absolute Gasteiger partial charge is 0.491 e. The Balaban J connectivity index is 1.30. The Labute approximate surface area is 215 Å². The molecule has 2 amide bonds. The SMILES string of the molecule is O=C(OCCCCC1COC(c2ccc(OCCCCC(=O)C(F)(F)F)c(F)c2)O1)ON1C(=O)CCC1=O. The van der Waals surface area contributed by atoms with Crippen LogP contribution >= 0.6 is 0 Å².